The molecule has 3 aromatic heterocycles. The van der Waals surface area contributed by atoms with E-state index in [9.17, 15) is 0 Å². The van der Waals surface area contributed by atoms with E-state index in [1.807, 2.05) is 18.5 Å². The van der Waals surface area contributed by atoms with Gasteiger partial charge in [0.05, 0.1) is 16.9 Å². The number of anilines is 1. The highest BCUT2D eigenvalue weighted by atomic mass is 16.5. The van der Waals surface area contributed by atoms with E-state index in [2.05, 4.69) is 45.4 Å². The van der Waals surface area contributed by atoms with E-state index in [0.29, 0.717) is 6.04 Å². The molecule has 1 aliphatic heterocycles. The lowest BCUT2D eigenvalue weighted by Gasteiger charge is -2.23. The molecule has 0 amide bonds. The van der Waals surface area contributed by atoms with Crippen molar-refractivity contribution in [3.05, 3.63) is 42.2 Å². The van der Waals surface area contributed by atoms with Crippen LogP contribution in [0.2, 0.25) is 0 Å². The van der Waals surface area contributed by atoms with Crippen LogP contribution in [0.5, 0.6) is 0 Å². The predicted molar refractivity (Wildman–Crippen MR) is 91.5 cm³/mol. The third kappa shape index (κ3) is 3.05. The predicted octanol–water partition coefficient (Wildman–Crippen LogP) is 3.52. The maximum absolute atomic E-state index is 5.40. The van der Waals surface area contributed by atoms with E-state index < -0.39 is 0 Å². The molecule has 3 aromatic rings. The molecule has 23 heavy (non-hydrogen) atoms. The molecule has 0 bridgehead atoms. The van der Waals surface area contributed by atoms with Crippen LogP contribution in [0.3, 0.4) is 0 Å². The van der Waals surface area contributed by atoms with Gasteiger partial charge in [-0.15, -0.1) is 0 Å². The minimum atomic E-state index is 0.446. The summed E-state index contributed by atoms with van der Waals surface area (Å²) in [5.74, 6) is 0.912. The number of nitrogens with zero attached hydrogens (tertiary/aromatic N) is 2. The first-order valence-corrected chi connectivity index (χ1v) is 8.04. The Hall–Kier alpha value is -2.40. The monoisotopic (exact) mass is 308 g/mol. The number of rotatable bonds is 3. The fourth-order valence-electron chi connectivity index (χ4n) is 2.98. The molecule has 1 aliphatic rings. The topological polar surface area (TPSA) is 62.8 Å². The first-order chi connectivity index (χ1) is 11.3. The normalized spacial score (nSPS) is 15.9. The Morgan fingerprint density at radius 1 is 1.17 bits per heavy atom. The summed E-state index contributed by atoms with van der Waals surface area (Å²) in [5, 5.41) is 4.60. The van der Waals surface area contributed by atoms with Crippen LogP contribution in [-0.2, 0) is 4.74 Å². The van der Waals surface area contributed by atoms with Crippen LogP contribution in [-0.4, -0.2) is 34.2 Å². The molecule has 0 unspecified atom stereocenters. The number of aromatic amines is 1. The van der Waals surface area contributed by atoms with Crippen LogP contribution in [0.4, 0.5) is 5.82 Å². The average Bonchev–Trinajstić information content (AvgIpc) is 2.99. The van der Waals surface area contributed by atoms with Gasteiger partial charge in [0.25, 0.3) is 0 Å². The highest BCUT2D eigenvalue weighted by molar-refractivity contribution is 5.86. The van der Waals surface area contributed by atoms with Gasteiger partial charge in [-0.2, -0.15) is 0 Å². The lowest BCUT2D eigenvalue weighted by Crippen LogP contribution is -2.28. The van der Waals surface area contributed by atoms with Gasteiger partial charge in [-0.1, -0.05) is 0 Å². The Balaban J connectivity index is 1.61. The van der Waals surface area contributed by atoms with E-state index in [-0.39, 0.29) is 0 Å². The summed E-state index contributed by atoms with van der Waals surface area (Å²) in [6.45, 7) is 3.72. The smallest absolute Gasteiger partial charge is 0.128 e. The van der Waals surface area contributed by atoms with Crippen molar-refractivity contribution in [3.8, 4) is 11.4 Å². The second-order valence-electron chi connectivity index (χ2n) is 6.09. The maximum Gasteiger partial charge on any atom is 0.128 e. The van der Waals surface area contributed by atoms with Gasteiger partial charge in [0.2, 0.25) is 0 Å². The molecule has 4 heterocycles. The van der Waals surface area contributed by atoms with Gasteiger partial charge in [-0.25, -0.2) is 4.98 Å². The zero-order chi connectivity index (χ0) is 15.6. The molecule has 0 saturated carbocycles. The van der Waals surface area contributed by atoms with Gasteiger partial charge >= 0.3 is 0 Å². The van der Waals surface area contributed by atoms with Crippen LogP contribution in [0.1, 0.15) is 18.4 Å². The number of H-pyrrole nitrogens is 1. The van der Waals surface area contributed by atoms with Crippen molar-refractivity contribution in [2.24, 2.45) is 0 Å². The van der Waals surface area contributed by atoms with Crippen LogP contribution >= 0.6 is 0 Å². The van der Waals surface area contributed by atoms with Gasteiger partial charge in [-0.3, -0.25) is 4.98 Å². The molecule has 0 radical (unpaired) electrons. The number of hydrogen-bond donors (Lipinski definition) is 2. The summed E-state index contributed by atoms with van der Waals surface area (Å²) >= 11 is 0. The van der Waals surface area contributed by atoms with Gasteiger partial charge in [-0.05, 0) is 43.5 Å². The van der Waals surface area contributed by atoms with Crippen LogP contribution in [0.15, 0.2) is 36.7 Å². The Morgan fingerprint density at radius 2 is 2.04 bits per heavy atom. The van der Waals surface area contributed by atoms with E-state index in [1.165, 1.54) is 5.56 Å². The number of nitrogens with one attached hydrogen (secondary N) is 2. The first kappa shape index (κ1) is 14.2. The lowest BCUT2D eigenvalue weighted by atomic mass is 10.1. The molecular formula is C18H20N4O. The summed E-state index contributed by atoms with van der Waals surface area (Å²) < 4.78 is 5.40. The zero-order valence-corrected chi connectivity index (χ0v) is 13.2. The summed E-state index contributed by atoms with van der Waals surface area (Å²) in [6, 6.07) is 8.71. The molecule has 1 fully saturated rings. The first-order valence-electron chi connectivity index (χ1n) is 8.04. The van der Waals surface area contributed by atoms with E-state index >= 15 is 0 Å². The molecule has 0 aliphatic carbocycles. The minimum absolute atomic E-state index is 0.446. The molecule has 0 atom stereocenters. The summed E-state index contributed by atoms with van der Waals surface area (Å²) in [5.41, 5.74) is 4.26. The highest BCUT2D eigenvalue weighted by Gasteiger charge is 2.14. The third-order valence-electron chi connectivity index (χ3n) is 4.27. The number of ether oxygens (including phenoxy) is 1. The van der Waals surface area contributed by atoms with E-state index in [0.717, 1.165) is 54.2 Å². The van der Waals surface area contributed by atoms with Crippen molar-refractivity contribution < 1.29 is 4.74 Å². The van der Waals surface area contributed by atoms with Crippen LogP contribution in [0, 0.1) is 6.92 Å². The SMILES string of the molecule is Cc1ccnc(-c2cc3cnc(NC4CCOCC4)cc3[nH]2)c1. The quantitative estimate of drug-likeness (QED) is 0.777. The van der Waals surface area contributed by atoms with E-state index in [1.54, 1.807) is 0 Å². The molecule has 4 rings (SSSR count). The summed E-state index contributed by atoms with van der Waals surface area (Å²) in [6.07, 6.45) is 5.81. The molecule has 0 aromatic carbocycles. The molecule has 5 nitrogen and oxygen atoms in total. The molecular weight excluding hydrogens is 288 g/mol. The molecule has 5 heteroatoms. The van der Waals surface area contributed by atoms with Crippen molar-refractivity contribution in [3.63, 3.8) is 0 Å². The Bertz CT molecular complexity index is 821. The van der Waals surface area contributed by atoms with Crippen molar-refractivity contribution >= 4 is 16.7 Å². The molecule has 0 spiro atoms. The summed E-state index contributed by atoms with van der Waals surface area (Å²) in [7, 11) is 0. The largest absolute Gasteiger partial charge is 0.381 e. The fraction of sp³-hybridized carbons (Fsp3) is 0.333. The van der Waals surface area contributed by atoms with Crippen LogP contribution < -0.4 is 5.32 Å². The van der Waals surface area contributed by atoms with Gasteiger partial charge in [0.15, 0.2) is 0 Å². The second kappa shape index (κ2) is 6.01. The number of aromatic nitrogens is 3. The molecule has 1 saturated heterocycles. The third-order valence-corrected chi connectivity index (χ3v) is 4.27. The number of hydrogen-bond acceptors (Lipinski definition) is 4. The molecule has 2 N–H and O–H groups in total. The minimum Gasteiger partial charge on any atom is -0.381 e. The van der Waals surface area contributed by atoms with Gasteiger partial charge in [0.1, 0.15) is 5.82 Å². The van der Waals surface area contributed by atoms with Crippen molar-refractivity contribution in [1.29, 1.82) is 0 Å². The second-order valence-corrected chi connectivity index (χ2v) is 6.09. The number of aryl methyl sites for hydroxylation is 1. The number of fused-ring (bicyclic) bond motifs is 1. The van der Waals surface area contributed by atoms with Crippen molar-refractivity contribution in [2.45, 2.75) is 25.8 Å². The van der Waals surface area contributed by atoms with Gasteiger partial charge < -0.3 is 15.0 Å². The Morgan fingerprint density at radius 3 is 2.87 bits per heavy atom. The van der Waals surface area contributed by atoms with E-state index in [4.69, 9.17) is 4.74 Å². The fourth-order valence-corrected chi connectivity index (χ4v) is 2.98. The maximum atomic E-state index is 5.40. The summed E-state index contributed by atoms with van der Waals surface area (Å²) in [4.78, 5) is 12.4. The highest BCUT2D eigenvalue weighted by Crippen LogP contribution is 2.25. The average molecular weight is 308 g/mol. The van der Waals surface area contributed by atoms with Gasteiger partial charge in [0, 0.05) is 43.1 Å². The zero-order valence-electron chi connectivity index (χ0n) is 13.2. The van der Waals surface area contributed by atoms with Crippen LogP contribution in [0.25, 0.3) is 22.3 Å². The Labute approximate surface area is 135 Å². The number of pyridine rings is 2. The standard InChI is InChI=1S/C18H20N4O/c1-12-2-5-19-16(8-12)17-9-13-11-20-18(10-15(13)22-17)21-14-3-6-23-7-4-14/h2,5,8-11,14,22H,3-4,6-7H2,1H3,(H,20,21). The van der Waals surface area contributed by atoms with Crippen molar-refractivity contribution in [1.82, 2.24) is 15.0 Å². The Kier molecular flexibility index (Phi) is 3.71. The van der Waals surface area contributed by atoms with Crippen molar-refractivity contribution in [2.75, 3.05) is 18.5 Å². The lowest BCUT2D eigenvalue weighted by molar-refractivity contribution is 0.0904. The molecule has 118 valence electrons.